The highest BCUT2D eigenvalue weighted by molar-refractivity contribution is 7.48. The fourth-order valence-corrected chi connectivity index (χ4v) is 1.51. The van der Waals surface area contributed by atoms with Crippen molar-refractivity contribution in [2.75, 3.05) is 6.61 Å². The Bertz CT molecular complexity index is 201. The van der Waals surface area contributed by atoms with Crippen LogP contribution in [0.2, 0.25) is 0 Å². The SMILES string of the molecule is O=C1CCCCOP(=O)(O)O1. The maximum atomic E-state index is 10.7. The molecule has 1 saturated heterocycles. The van der Waals surface area contributed by atoms with Crippen LogP contribution in [0.3, 0.4) is 0 Å². The van der Waals surface area contributed by atoms with E-state index in [4.69, 9.17) is 4.89 Å². The van der Waals surface area contributed by atoms with Gasteiger partial charge >= 0.3 is 13.8 Å². The molecule has 64 valence electrons. The Balaban J connectivity index is 2.56. The standard InChI is InChI=1S/C5H9O5P/c6-5-3-1-2-4-9-11(7,8)10-5/h1-4H2,(H,7,8). The second kappa shape index (κ2) is 3.34. The van der Waals surface area contributed by atoms with Gasteiger partial charge in [0.2, 0.25) is 0 Å². The van der Waals surface area contributed by atoms with Crippen molar-refractivity contribution in [2.45, 2.75) is 19.3 Å². The summed E-state index contributed by atoms with van der Waals surface area (Å²) in [6.07, 6.45) is 1.44. The summed E-state index contributed by atoms with van der Waals surface area (Å²) in [5, 5.41) is 0. The molecule has 1 fully saturated rings. The third kappa shape index (κ3) is 3.01. The van der Waals surface area contributed by atoms with Gasteiger partial charge < -0.3 is 4.52 Å². The molecule has 1 atom stereocenters. The number of phosphoric acid groups is 1. The van der Waals surface area contributed by atoms with Crippen LogP contribution in [-0.4, -0.2) is 17.5 Å². The lowest BCUT2D eigenvalue weighted by molar-refractivity contribution is -0.136. The number of rotatable bonds is 0. The first kappa shape index (κ1) is 8.71. The zero-order chi connectivity index (χ0) is 8.32. The molecule has 0 aliphatic carbocycles. The molecule has 0 amide bonds. The minimum Gasteiger partial charge on any atom is -0.371 e. The van der Waals surface area contributed by atoms with Crippen LogP contribution in [0.1, 0.15) is 19.3 Å². The van der Waals surface area contributed by atoms with Gasteiger partial charge in [-0.25, -0.2) is 4.57 Å². The van der Waals surface area contributed by atoms with Crippen molar-refractivity contribution in [3.05, 3.63) is 0 Å². The Morgan fingerprint density at radius 2 is 2.18 bits per heavy atom. The minimum absolute atomic E-state index is 0.168. The van der Waals surface area contributed by atoms with Crippen molar-refractivity contribution in [2.24, 2.45) is 0 Å². The van der Waals surface area contributed by atoms with Gasteiger partial charge in [0.15, 0.2) is 0 Å². The summed E-state index contributed by atoms with van der Waals surface area (Å²) in [6.45, 7) is 0.168. The van der Waals surface area contributed by atoms with Gasteiger partial charge in [0.25, 0.3) is 0 Å². The summed E-state index contributed by atoms with van der Waals surface area (Å²) in [5.74, 6) is -0.671. The molecule has 1 heterocycles. The molecule has 6 heteroatoms. The van der Waals surface area contributed by atoms with E-state index < -0.39 is 13.8 Å². The molecule has 1 N–H and O–H groups in total. The molecular formula is C5H9O5P. The van der Waals surface area contributed by atoms with Gasteiger partial charge in [0.05, 0.1) is 6.61 Å². The van der Waals surface area contributed by atoms with Crippen LogP contribution < -0.4 is 0 Å². The minimum atomic E-state index is -4.06. The van der Waals surface area contributed by atoms with Gasteiger partial charge in [0, 0.05) is 6.42 Å². The van der Waals surface area contributed by atoms with Crippen LogP contribution >= 0.6 is 7.82 Å². The molecule has 0 bridgehead atoms. The average molecular weight is 180 g/mol. The van der Waals surface area contributed by atoms with Gasteiger partial charge in [-0.2, -0.15) is 0 Å². The van der Waals surface area contributed by atoms with Crippen molar-refractivity contribution in [1.82, 2.24) is 0 Å². The fourth-order valence-electron chi connectivity index (χ4n) is 0.752. The van der Waals surface area contributed by atoms with E-state index in [9.17, 15) is 9.36 Å². The second-order valence-corrected chi connectivity index (χ2v) is 3.60. The molecule has 0 aromatic carbocycles. The van der Waals surface area contributed by atoms with E-state index in [0.29, 0.717) is 12.8 Å². The van der Waals surface area contributed by atoms with Crippen molar-refractivity contribution in [3.8, 4) is 0 Å². The van der Waals surface area contributed by atoms with Crippen LogP contribution in [0.5, 0.6) is 0 Å². The molecule has 1 unspecified atom stereocenters. The fraction of sp³-hybridized carbons (Fsp3) is 0.800. The van der Waals surface area contributed by atoms with Crippen LogP contribution in [0.25, 0.3) is 0 Å². The molecule has 1 aliphatic heterocycles. The highest BCUT2D eigenvalue weighted by atomic mass is 31.2. The number of phosphoric ester groups is 1. The Morgan fingerprint density at radius 1 is 1.45 bits per heavy atom. The van der Waals surface area contributed by atoms with Crippen molar-refractivity contribution >= 4 is 13.8 Å². The van der Waals surface area contributed by atoms with Gasteiger partial charge in [0.1, 0.15) is 0 Å². The van der Waals surface area contributed by atoms with Crippen molar-refractivity contribution in [3.63, 3.8) is 0 Å². The van der Waals surface area contributed by atoms with Crippen molar-refractivity contribution < 1.29 is 23.3 Å². The van der Waals surface area contributed by atoms with Gasteiger partial charge in [-0.05, 0) is 12.8 Å². The van der Waals surface area contributed by atoms with Crippen LogP contribution in [0, 0.1) is 0 Å². The molecule has 0 aromatic rings. The lowest BCUT2D eigenvalue weighted by Gasteiger charge is -2.14. The Morgan fingerprint density at radius 3 is 2.91 bits per heavy atom. The van der Waals surface area contributed by atoms with Crippen LogP contribution in [0.4, 0.5) is 0 Å². The van der Waals surface area contributed by atoms with E-state index in [1.54, 1.807) is 0 Å². The summed E-state index contributed by atoms with van der Waals surface area (Å²) in [7, 11) is -4.06. The van der Waals surface area contributed by atoms with Gasteiger partial charge in [-0.15, -0.1) is 0 Å². The molecule has 1 aliphatic rings. The third-order valence-corrected chi connectivity index (χ3v) is 2.19. The van der Waals surface area contributed by atoms with E-state index >= 15 is 0 Å². The summed E-state index contributed by atoms with van der Waals surface area (Å²) in [4.78, 5) is 19.4. The van der Waals surface area contributed by atoms with E-state index in [1.165, 1.54) is 0 Å². The lowest BCUT2D eigenvalue weighted by atomic mass is 10.2. The quantitative estimate of drug-likeness (QED) is 0.559. The maximum absolute atomic E-state index is 10.7. The molecule has 0 saturated carbocycles. The number of carbonyl (C=O) groups excluding carboxylic acids is 1. The van der Waals surface area contributed by atoms with Gasteiger partial charge in [-0.1, -0.05) is 0 Å². The number of carbonyl (C=O) groups is 1. The first-order chi connectivity index (χ1) is 5.10. The zero-order valence-electron chi connectivity index (χ0n) is 5.86. The smallest absolute Gasteiger partial charge is 0.371 e. The van der Waals surface area contributed by atoms with E-state index in [1.807, 2.05) is 0 Å². The maximum Gasteiger partial charge on any atom is 0.529 e. The third-order valence-electron chi connectivity index (χ3n) is 1.25. The summed E-state index contributed by atoms with van der Waals surface area (Å²) < 4.78 is 19.2. The molecule has 5 nitrogen and oxygen atoms in total. The van der Waals surface area contributed by atoms with E-state index in [0.717, 1.165) is 0 Å². The average Bonchev–Trinajstić information content (AvgIpc) is 1.82. The highest BCUT2D eigenvalue weighted by Gasteiger charge is 2.27. The monoisotopic (exact) mass is 180 g/mol. The van der Waals surface area contributed by atoms with E-state index in [2.05, 4.69) is 9.05 Å². The van der Waals surface area contributed by atoms with Crippen LogP contribution in [0.15, 0.2) is 0 Å². The summed E-state index contributed by atoms with van der Waals surface area (Å²) in [5.41, 5.74) is 0. The number of hydrogen-bond acceptors (Lipinski definition) is 4. The predicted octanol–water partition coefficient (Wildman–Crippen LogP) is 0.830. The highest BCUT2D eigenvalue weighted by Crippen LogP contribution is 2.44. The molecule has 1 rings (SSSR count). The van der Waals surface area contributed by atoms with Gasteiger partial charge in [-0.3, -0.25) is 14.2 Å². The van der Waals surface area contributed by atoms with Crippen molar-refractivity contribution in [1.29, 1.82) is 0 Å². The summed E-state index contributed by atoms with van der Waals surface area (Å²) in [6, 6.07) is 0. The molecular weight excluding hydrogens is 171 g/mol. The first-order valence-corrected chi connectivity index (χ1v) is 4.79. The summed E-state index contributed by atoms with van der Waals surface area (Å²) >= 11 is 0. The Hall–Kier alpha value is -0.380. The Kier molecular flexibility index (Phi) is 2.65. The van der Waals surface area contributed by atoms with Crippen LogP contribution in [-0.2, 0) is 18.4 Å². The molecule has 0 radical (unpaired) electrons. The zero-order valence-corrected chi connectivity index (χ0v) is 6.75. The van der Waals surface area contributed by atoms with E-state index in [-0.39, 0.29) is 13.0 Å². The lowest BCUT2D eigenvalue weighted by Crippen LogP contribution is -2.08. The molecule has 0 aromatic heterocycles. The second-order valence-electron chi connectivity index (χ2n) is 2.22. The molecule has 0 spiro atoms. The Labute approximate surface area is 63.9 Å². The molecule has 11 heavy (non-hydrogen) atoms. The predicted molar refractivity (Wildman–Crippen MR) is 35.7 cm³/mol. The largest absolute Gasteiger partial charge is 0.529 e. The normalized spacial score (nSPS) is 33.7. The first-order valence-electron chi connectivity index (χ1n) is 3.30. The number of hydrogen-bond donors (Lipinski definition) is 1. The topological polar surface area (TPSA) is 72.8 Å².